The highest BCUT2D eigenvalue weighted by Crippen LogP contribution is 2.46. The number of benzene rings is 2. The average Bonchev–Trinajstić information content (AvgIpc) is 3.14. The van der Waals surface area contributed by atoms with E-state index in [-0.39, 0.29) is 0 Å². The summed E-state index contributed by atoms with van der Waals surface area (Å²) in [6.45, 7) is 0. The highest BCUT2D eigenvalue weighted by atomic mass is 35.5. The van der Waals surface area contributed by atoms with E-state index in [0.717, 1.165) is 37.3 Å². The van der Waals surface area contributed by atoms with Gasteiger partial charge >= 0.3 is 0 Å². The molecule has 0 aliphatic rings. The topological polar surface area (TPSA) is 48.7 Å². The fourth-order valence-electron chi connectivity index (χ4n) is 3.06. The van der Waals surface area contributed by atoms with Gasteiger partial charge in [0.1, 0.15) is 11.9 Å². The number of anilines is 2. The van der Waals surface area contributed by atoms with Crippen LogP contribution in [0.4, 0.5) is 11.5 Å². The summed E-state index contributed by atoms with van der Waals surface area (Å²) < 4.78 is 1.00. The van der Waals surface area contributed by atoms with E-state index in [1.807, 2.05) is 73.0 Å². The fraction of sp³-hybridized carbons (Fsp3) is 0.0435. The van der Waals surface area contributed by atoms with E-state index >= 15 is 0 Å². The lowest BCUT2D eigenvalue weighted by Crippen LogP contribution is -1.93. The lowest BCUT2D eigenvalue weighted by atomic mass is 9.99. The van der Waals surface area contributed by atoms with Crippen LogP contribution in [0.3, 0.4) is 0 Å². The molecule has 4 aromatic rings. The van der Waals surface area contributed by atoms with Crippen LogP contribution in [0.1, 0.15) is 5.56 Å². The van der Waals surface area contributed by atoms with Gasteiger partial charge in [0.05, 0.1) is 9.77 Å². The Morgan fingerprint density at radius 2 is 1.79 bits per heavy atom. The van der Waals surface area contributed by atoms with Crippen molar-refractivity contribution in [2.24, 2.45) is 0 Å². The minimum absolute atomic E-state index is 0.674. The van der Waals surface area contributed by atoms with Gasteiger partial charge in [0, 0.05) is 27.3 Å². The Bertz CT molecular complexity index is 1180. The Kier molecular flexibility index (Phi) is 5.86. The van der Waals surface area contributed by atoms with Crippen LogP contribution in [0.5, 0.6) is 0 Å². The molecular weight excluding hydrogens is 418 g/mol. The second kappa shape index (κ2) is 8.71. The maximum atomic E-state index is 9.85. The number of halogens is 1. The lowest BCUT2D eigenvalue weighted by Gasteiger charge is -2.09. The largest absolute Gasteiger partial charge is 0.340 e. The Morgan fingerprint density at radius 1 is 1.03 bits per heavy atom. The van der Waals surface area contributed by atoms with Gasteiger partial charge in [-0.05, 0) is 53.8 Å². The van der Waals surface area contributed by atoms with Crippen molar-refractivity contribution in [3.63, 3.8) is 0 Å². The number of hydrogen-bond donors (Lipinski definition) is 1. The summed E-state index contributed by atoms with van der Waals surface area (Å²) in [5.41, 5.74) is 4.62. The molecule has 2 aromatic carbocycles. The molecule has 1 N–H and O–H groups in total. The Morgan fingerprint density at radius 3 is 2.48 bits per heavy atom. The first-order chi connectivity index (χ1) is 14.2. The smallest absolute Gasteiger partial charge is 0.130 e. The van der Waals surface area contributed by atoms with Gasteiger partial charge in [0.25, 0.3) is 0 Å². The van der Waals surface area contributed by atoms with E-state index in [0.29, 0.717) is 10.6 Å². The molecule has 29 heavy (non-hydrogen) atoms. The monoisotopic (exact) mass is 433 g/mol. The maximum Gasteiger partial charge on any atom is 0.130 e. The molecule has 142 valence electrons. The minimum atomic E-state index is 0.674. The van der Waals surface area contributed by atoms with Crippen LogP contribution in [0, 0.1) is 11.3 Å². The van der Waals surface area contributed by atoms with Crippen molar-refractivity contribution in [1.29, 1.82) is 5.26 Å². The normalized spacial score (nSPS) is 10.5. The number of hydrogen-bond acceptors (Lipinski definition) is 5. The quantitative estimate of drug-likeness (QED) is 0.331. The van der Waals surface area contributed by atoms with Gasteiger partial charge in [0.15, 0.2) is 0 Å². The standard InChI is InChI=1S/C23H16ClN3S2/c1-28-23-19(14-25)21(15-7-9-17(24)10-8-15)22(29-23)16-11-12-26-20(13-16)27-18-5-3-2-4-6-18/h2-13H,1H3,(H,26,27). The van der Waals surface area contributed by atoms with Crippen molar-refractivity contribution < 1.29 is 0 Å². The van der Waals surface area contributed by atoms with Gasteiger partial charge in [-0.1, -0.05) is 41.9 Å². The van der Waals surface area contributed by atoms with Crippen LogP contribution in [0.25, 0.3) is 21.6 Å². The molecule has 0 saturated heterocycles. The molecule has 0 fully saturated rings. The van der Waals surface area contributed by atoms with Crippen LogP contribution in [0.15, 0.2) is 77.1 Å². The predicted molar refractivity (Wildman–Crippen MR) is 124 cm³/mol. The second-order valence-electron chi connectivity index (χ2n) is 6.21. The zero-order valence-corrected chi connectivity index (χ0v) is 17.9. The zero-order chi connectivity index (χ0) is 20.2. The van der Waals surface area contributed by atoms with Gasteiger partial charge in [-0.3, -0.25) is 0 Å². The van der Waals surface area contributed by atoms with E-state index < -0.39 is 0 Å². The van der Waals surface area contributed by atoms with Crippen molar-refractivity contribution in [2.45, 2.75) is 4.21 Å². The number of nitrogens with one attached hydrogen (secondary N) is 1. The van der Waals surface area contributed by atoms with E-state index in [2.05, 4.69) is 16.4 Å². The minimum Gasteiger partial charge on any atom is -0.340 e. The number of para-hydroxylation sites is 1. The summed E-state index contributed by atoms with van der Waals surface area (Å²) >= 11 is 9.30. The van der Waals surface area contributed by atoms with Crippen molar-refractivity contribution in [1.82, 2.24) is 4.98 Å². The van der Waals surface area contributed by atoms with Crippen molar-refractivity contribution in [3.05, 3.63) is 83.5 Å². The van der Waals surface area contributed by atoms with Crippen molar-refractivity contribution in [3.8, 4) is 27.6 Å². The summed E-state index contributed by atoms with van der Waals surface area (Å²) in [7, 11) is 0. The highest BCUT2D eigenvalue weighted by molar-refractivity contribution is 8.00. The van der Waals surface area contributed by atoms with E-state index in [4.69, 9.17) is 11.6 Å². The number of aromatic nitrogens is 1. The van der Waals surface area contributed by atoms with E-state index in [1.54, 1.807) is 29.3 Å². The van der Waals surface area contributed by atoms with Gasteiger partial charge in [0.2, 0.25) is 0 Å². The van der Waals surface area contributed by atoms with E-state index in [9.17, 15) is 5.26 Å². The molecule has 4 rings (SSSR count). The van der Waals surface area contributed by atoms with Gasteiger partial charge in [-0.25, -0.2) is 4.98 Å². The van der Waals surface area contributed by atoms with Crippen molar-refractivity contribution >= 4 is 46.2 Å². The Labute approximate surface area is 183 Å². The fourth-order valence-corrected chi connectivity index (χ4v) is 5.12. The first-order valence-electron chi connectivity index (χ1n) is 8.85. The molecule has 0 spiro atoms. The lowest BCUT2D eigenvalue weighted by molar-refractivity contribution is 1.31. The van der Waals surface area contributed by atoms with Crippen LogP contribution in [-0.2, 0) is 0 Å². The molecule has 0 aliphatic heterocycles. The molecule has 0 radical (unpaired) electrons. The molecular formula is C23H16ClN3S2. The number of pyridine rings is 1. The summed E-state index contributed by atoms with van der Waals surface area (Å²) in [6, 6.07) is 24.0. The third-order valence-corrected chi connectivity index (χ3v) is 6.98. The molecule has 0 atom stereocenters. The van der Waals surface area contributed by atoms with Crippen LogP contribution < -0.4 is 5.32 Å². The average molecular weight is 434 g/mol. The summed E-state index contributed by atoms with van der Waals surface area (Å²) in [5.74, 6) is 0.758. The zero-order valence-electron chi connectivity index (χ0n) is 15.5. The highest BCUT2D eigenvalue weighted by Gasteiger charge is 2.21. The predicted octanol–water partition coefficient (Wildman–Crippen LogP) is 7.47. The molecule has 2 aromatic heterocycles. The summed E-state index contributed by atoms with van der Waals surface area (Å²) in [5, 5.41) is 13.9. The molecule has 0 amide bonds. The van der Waals surface area contributed by atoms with Gasteiger partial charge in [-0.15, -0.1) is 23.1 Å². The summed E-state index contributed by atoms with van der Waals surface area (Å²) in [6.07, 6.45) is 3.79. The molecule has 2 heterocycles. The van der Waals surface area contributed by atoms with E-state index in [1.165, 1.54) is 0 Å². The van der Waals surface area contributed by atoms with Crippen LogP contribution in [-0.4, -0.2) is 11.2 Å². The first-order valence-corrected chi connectivity index (χ1v) is 11.3. The number of thiophene rings is 1. The Hall–Kier alpha value is -2.78. The molecule has 3 nitrogen and oxygen atoms in total. The molecule has 0 bridgehead atoms. The first kappa shape index (κ1) is 19.5. The second-order valence-corrected chi connectivity index (χ2v) is 8.74. The van der Waals surface area contributed by atoms with Gasteiger partial charge < -0.3 is 5.32 Å². The molecule has 6 heteroatoms. The number of nitrogens with zero attached hydrogens (tertiary/aromatic N) is 2. The van der Waals surface area contributed by atoms with Gasteiger partial charge in [-0.2, -0.15) is 5.26 Å². The SMILES string of the molecule is CSc1sc(-c2ccnc(Nc3ccccc3)c2)c(-c2ccc(Cl)cc2)c1C#N. The third kappa shape index (κ3) is 4.15. The van der Waals surface area contributed by atoms with Crippen LogP contribution >= 0.6 is 34.7 Å². The van der Waals surface area contributed by atoms with Crippen LogP contribution in [0.2, 0.25) is 5.02 Å². The molecule has 0 aliphatic carbocycles. The number of nitriles is 1. The third-order valence-electron chi connectivity index (χ3n) is 4.37. The Balaban J connectivity index is 1.83. The summed E-state index contributed by atoms with van der Waals surface area (Å²) in [4.78, 5) is 5.50. The maximum absolute atomic E-state index is 9.85. The van der Waals surface area contributed by atoms with Crippen molar-refractivity contribution in [2.75, 3.05) is 11.6 Å². The number of rotatable bonds is 5. The number of thioether (sulfide) groups is 1. The molecule has 0 saturated carbocycles. The molecule has 0 unspecified atom stereocenters.